The van der Waals surface area contributed by atoms with Crippen LogP contribution in [0.2, 0.25) is 0 Å². The molecule has 0 radical (unpaired) electrons. The minimum atomic E-state index is -1.08. The van der Waals surface area contributed by atoms with Gasteiger partial charge in [0, 0.05) is 25.7 Å². The third kappa shape index (κ3) is 3.47. The van der Waals surface area contributed by atoms with Gasteiger partial charge in [-0.25, -0.2) is 0 Å². The molecule has 1 aliphatic heterocycles. The molecule has 1 aromatic carbocycles. The molecule has 1 amide bonds. The van der Waals surface area contributed by atoms with Crippen LogP contribution in [0.25, 0.3) is 0 Å². The van der Waals surface area contributed by atoms with Gasteiger partial charge in [-0.3, -0.25) is 9.59 Å². The van der Waals surface area contributed by atoms with Crippen LogP contribution in [0.4, 0.5) is 0 Å². The number of ether oxygens (including phenoxy) is 1. The van der Waals surface area contributed by atoms with E-state index < -0.39 is 11.4 Å². The Morgan fingerprint density at radius 1 is 1.27 bits per heavy atom. The summed E-state index contributed by atoms with van der Waals surface area (Å²) in [5.41, 5.74) is -0.362. The number of nitrogens with one attached hydrogen (secondary N) is 1. The molecule has 0 aromatic heterocycles. The standard InChI is InChI=1S/C17H23NO4/c1-2-17(16(20)21,14-6-4-3-5-7-14)12-18-15(19)13-8-10-22-11-9-13/h3-7,13H,2,8-12H2,1H3,(H,18,19)(H,20,21). The Morgan fingerprint density at radius 3 is 2.45 bits per heavy atom. The van der Waals surface area contributed by atoms with Crippen LogP contribution < -0.4 is 5.32 Å². The van der Waals surface area contributed by atoms with E-state index in [1.54, 1.807) is 12.1 Å². The monoisotopic (exact) mass is 305 g/mol. The maximum Gasteiger partial charge on any atom is 0.315 e. The smallest absolute Gasteiger partial charge is 0.315 e. The molecule has 1 aliphatic rings. The van der Waals surface area contributed by atoms with Crippen molar-refractivity contribution in [3.63, 3.8) is 0 Å². The highest BCUT2D eigenvalue weighted by Crippen LogP contribution is 2.28. The van der Waals surface area contributed by atoms with Crippen molar-refractivity contribution in [3.05, 3.63) is 35.9 Å². The van der Waals surface area contributed by atoms with Crippen molar-refractivity contribution in [2.24, 2.45) is 5.92 Å². The second kappa shape index (κ2) is 7.40. The average molecular weight is 305 g/mol. The molecule has 5 nitrogen and oxygen atoms in total. The molecular formula is C17H23NO4. The van der Waals surface area contributed by atoms with Gasteiger partial charge in [-0.05, 0) is 24.8 Å². The quantitative estimate of drug-likeness (QED) is 0.842. The molecule has 0 bridgehead atoms. The van der Waals surface area contributed by atoms with Gasteiger partial charge >= 0.3 is 5.97 Å². The minimum absolute atomic E-state index is 0.0710. The molecule has 2 rings (SSSR count). The Morgan fingerprint density at radius 2 is 1.91 bits per heavy atom. The fraction of sp³-hybridized carbons (Fsp3) is 0.529. The number of carbonyl (C=O) groups excluding carboxylic acids is 1. The number of hydrogen-bond acceptors (Lipinski definition) is 3. The van der Waals surface area contributed by atoms with Crippen LogP contribution in [0.15, 0.2) is 30.3 Å². The number of carboxylic acids is 1. The number of carboxylic acid groups (broad SMARTS) is 1. The van der Waals surface area contributed by atoms with Crippen LogP contribution in [0.3, 0.4) is 0 Å². The van der Waals surface area contributed by atoms with E-state index in [0.717, 1.165) is 5.56 Å². The van der Waals surface area contributed by atoms with E-state index in [1.165, 1.54) is 0 Å². The van der Waals surface area contributed by atoms with Crippen molar-refractivity contribution in [2.45, 2.75) is 31.6 Å². The van der Waals surface area contributed by atoms with E-state index in [0.29, 0.717) is 32.5 Å². The lowest BCUT2D eigenvalue weighted by Crippen LogP contribution is -2.48. The first-order valence-corrected chi connectivity index (χ1v) is 7.74. The van der Waals surface area contributed by atoms with Crippen molar-refractivity contribution >= 4 is 11.9 Å². The summed E-state index contributed by atoms with van der Waals surface area (Å²) in [4.78, 5) is 24.1. The minimum Gasteiger partial charge on any atom is -0.481 e. The fourth-order valence-electron chi connectivity index (χ4n) is 2.88. The lowest BCUT2D eigenvalue weighted by molar-refractivity contribution is -0.144. The summed E-state index contributed by atoms with van der Waals surface area (Å²) in [5, 5.41) is 12.6. The van der Waals surface area contributed by atoms with Crippen LogP contribution in [0.1, 0.15) is 31.7 Å². The Labute approximate surface area is 130 Å². The molecule has 0 saturated carbocycles. The Hall–Kier alpha value is -1.88. The van der Waals surface area contributed by atoms with Gasteiger partial charge in [-0.1, -0.05) is 37.3 Å². The molecule has 1 atom stereocenters. The van der Waals surface area contributed by atoms with Crippen LogP contribution in [-0.4, -0.2) is 36.7 Å². The summed E-state index contributed by atoms with van der Waals surface area (Å²) in [6, 6.07) is 9.11. The second-order valence-electron chi connectivity index (χ2n) is 5.71. The van der Waals surface area contributed by atoms with E-state index in [2.05, 4.69) is 5.32 Å². The van der Waals surface area contributed by atoms with Crippen molar-refractivity contribution in [1.82, 2.24) is 5.32 Å². The summed E-state index contributed by atoms with van der Waals surface area (Å²) in [5.74, 6) is -1.06. The Kier molecular flexibility index (Phi) is 5.55. The first-order valence-electron chi connectivity index (χ1n) is 7.74. The number of benzene rings is 1. The number of carbonyl (C=O) groups is 2. The third-order valence-electron chi connectivity index (χ3n) is 4.50. The topological polar surface area (TPSA) is 75.6 Å². The van der Waals surface area contributed by atoms with E-state index in [4.69, 9.17) is 4.74 Å². The van der Waals surface area contributed by atoms with Gasteiger partial charge < -0.3 is 15.2 Å². The van der Waals surface area contributed by atoms with Crippen LogP contribution in [-0.2, 0) is 19.7 Å². The van der Waals surface area contributed by atoms with Crippen LogP contribution in [0.5, 0.6) is 0 Å². The molecule has 1 saturated heterocycles. The molecule has 0 spiro atoms. The van der Waals surface area contributed by atoms with E-state index in [9.17, 15) is 14.7 Å². The molecule has 1 fully saturated rings. The highest BCUT2D eigenvalue weighted by Gasteiger charge is 2.39. The molecular weight excluding hydrogens is 282 g/mol. The predicted molar refractivity (Wildman–Crippen MR) is 82.6 cm³/mol. The van der Waals surface area contributed by atoms with E-state index >= 15 is 0 Å². The highest BCUT2D eigenvalue weighted by atomic mass is 16.5. The van der Waals surface area contributed by atoms with E-state index in [-0.39, 0.29) is 18.4 Å². The van der Waals surface area contributed by atoms with Gasteiger partial charge in [0.25, 0.3) is 0 Å². The lowest BCUT2D eigenvalue weighted by atomic mass is 9.78. The number of amides is 1. The summed E-state index contributed by atoms with van der Waals surface area (Å²) >= 11 is 0. The Balaban J connectivity index is 2.10. The van der Waals surface area contributed by atoms with Crippen molar-refractivity contribution in [1.29, 1.82) is 0 Å². The molecule has 22 heavy (non-hydrogen) atoms. The summed E-state index contributed by atoms with van der Waals surface area (Å²) in [7, 11) is 0. The lowest BCUT2D eigenvalue weighted by Gasteiger charge is -2.30. The van der Waals surface area contributed by atoms with Gasteiger partial charge in [-0.2, -0.15) is 0 Å². The molecule has 5 heteroatoms. The van der Waals surface area contributed by atoms with Crippen LogP contribution >= 0.6 is 0 Å². The number of aliphatic carboxylic acids is 1. The van der Waals surface area contributed by atoms with Crippen molar-refractivity contribution in [3.8, 4) is 0 Å². The maximum absolute atomic E-state index is 12.3. The molecule has 1 unspecified atom stereocenters. The van der Waals surface area contributed by atoms with Crippen molar-refractivity contribution in [2.75, 3.05) is 19.8 Å². The van der Waals surface area contributed by atoms with Gasteiger partial charge in [0.1, 0.15) is 5.41 Å². The fourth-order valence-corrected chi connectivity index (χ4v) is 2.88. The molecule has 1 aromatic rings. The third-order valence-corrected chi connectivity index (χ3v) is 4.50. The largest absolute Gasteiger partial charge is 0.481 e. The summed E-state index contributed by atoms with van der Waals surface area (Å²) in [6.45, 7) is 3.13. The van der Waals surface area contributed by atoms with Crippen LogP contribution in [0, 0.1) is 5.92 Å². The maximum atomic E-state index is 12.3. The summed E-state index contributed by atoms with van der Waals surface area (Å²) < 4.78 is 5.25. The SMILES string of the molecule is CCC(CNC(=O)C1CCOCC1)(C(=O)O)c1ccccc1. The van der Waals surface area contributed by atoms with Gasteiger partial charge in [0.05, 0.1) is 0 Å². The predicted octanol–water partition coefficient (Wildman–Crippen LogP) is 1.96. The average Bonchev–Trinajstić information content (AvgIpc) is 2.57. The second-order valence-corrected chi connectivity index (χ2v) is 5.71. The Bertz CT molecular complexity index is 511. The van der Waals surface area contributed by atoms with Gasteiger partial charge in [0.2, 0.25) is 5.91 Å². The molecule has 2 N–H and O–H groups in total. The van der Waals surface area contributed by atoms with E-state index in [1.807, 2.05) is 25.1 Å². The zero-order chi connectivity index (χ0) is 16.0. The molecule has 0 aliphatic carbocycles. The van der Waals surface area contributed by atoms with Gasteiger partial charge in [0.15, 0.2) is 0 Å². The summed E-state index contributed by atoms with van der Waals surface area (Å²) in [6.07, 6.45) is 1.81. The number of hydrogen-bond donors (Lipinski definition) is 2. The van der Waals surface area contributed by atoms with Gasteiger partial charge in [-0.15, -0.1) is 0 Å². The zero-order valence-electron chi connectivity index (χ0n) is 12.9. The molecule has 120 valence electrons. The first kappa shape index (κ1) is 16.5. The zero-order valence-corrected chi connectivity index (χ0v) is 12.9. The molecule has 1 heterocycles. The first-order chi connectivity index (χ1) is 10.6. The van der Waals surface area contributed by atoms with Crippen molar-refractivity contribution < 1.29 is 19.4 Å². The highest BCUT2D eigenvalue weighted by molar-refractivity contribution is 5.84. The normalized spacial score (nSPS) is 18.4. The number of rotatable bonds is 6.